The molecule has 4 heteroatoms. The third-order valence-corrected chi connectivity index (χ3v) is 5.08. The van der Waals surface area contributed by atoms with Gasteiger partial charge in [-0.1, -0.05) is 6.07 Å². The fraction of sp³-hybridized carbons (Fsp3) is 0.300. The Morgan fingerprint density at radius 2 is 1.75 bits per heavy atom. The van der Waals surface area contributed by atoms with Gasteiger partial charge in [-0.3, -0.25) is 9.59 Å². The molecule has 24 heavy (non-hydrogen) atoms. The number of rotatable bonds is 2. The summed E-state index contributed by atoms with van der Waals surface area (Å²) in [5, 5.41) is 3.02. The normalized spacial score (nSPS) is 15.4. The highest BCUT2D eigenvalue weighted by Crippen LogP contribution is 2.38. The molecule has 0 aromatic heterocycles. The third-order valence-electron chi connectivity index (χ3n) is 5.08. The third kappa shape index (κ3) is 2.39. The van der Waals surface area contributed by atoms with E-state index in [1.165, 1.54) is 11.1 Å². The minimum absolute atomic E-state index is 0.0908. The van der Waals surface area contributed by atoms with Crippen molar-refractivity contribution in [2.24, 2.45) is 0 Å². The molecule has 2 aliphatic heterocycles. The Balaban J connectivity index is 1.63. The standard InChI is InChI=1S/C20H20N2O2/c1-12-3-4-16(9-13(12)2)20(24)21-17-10-14-5-6-18(23)22-8-7-15(11-17)19(14)22/h3-4,9-11H,5-8H2,1-2H3,(H,21,24). The van der Waals surface area contributed by atoms with Gasteiger partial charge in [-0.05, 0) is 73.2 Å². The summed E-state index contributed by atoms with van der Waals surface area (Å²) in [6.07, 6.45) is 2.17. The molecule has 2 aliphatic rings. The Labute approximate surface area is 141 Å². The summed E-state index contributed by atoms with van der Waals surface area (Å²) in [5.74, 6) is 0.125. The molecule has 0 radical (unpaired) electrons. The van der Waals surface area contributed by atoms with Crippen molar-refractivity contribution in [3.05, 3.63) is 58.1 Å². The maximum atomic E-state index is 12.5. The number of amides is 2. The second kappa shape index (κ2) is 5.48. The first-order chi connectivity index (χ1) is 11.5. The van der Waals surface area contributed by atoms with E-state index in [9.17, 15) is 9.59 Å². The summed E-state index contributed by atoms with van der Waals surface area (Å²) >= 11 is 0. The van der Waals surface area contributed by atoms with E-state index in [0.29, 0.717) is 12.0 Å². The van der Waals surface area contributed by atoms with E-state index in [0.717, 1.165) is 41.9 Å². The van der Waals surface area contributed by atoms with Gasteiger partial charge in [0, 0.05) is 24.2 Å². The molecule has 0 fully saturated rings. The Morgan fingerprint density at radius 3 is 2.50 bits per heavy atom. The van der Waals surface area contributed by atoms with Crippen molar-refractivity contribution < 1.29 is 9.59 Å². The van der Waals surface area contributed by atoms with Gasteiger partial charge in [-0.25, -0.2) is 0 Å². The maximum absolute atomic E-state index is 12.5. The highest BCUT2D eigenvalue weighted by molar-refractivity contribution is 6.05. The molecule has 2 amide bonds. The van der Waals surface area contributed by atoms with Crippen molar-refractivity contribution >= 4 is 23.2 Å². The number of nitrogens with zero attached hydrogens (tertiary/aromatic N) is 1. The van der Waals surface area contributed by atoms with Crippen LogP contribution in [0.2, 0.25) is 0 Å². The van der Waals surface area contributed by atoms with Crippen LogP contribution in [0.15, 0.2) is 30.3 Å². The van der Waals surface area contributed by atoms with E-state index >= 15 is 0 Å². The molecule has 1 N–H and O–H groups in total. The van der Waals surface area contributed by atoms with Gasteiger partial charge in [0.15, 0.2) is 0 Å². The molecule has 0 aliphatic carbocycles. The van der Waals surface area contributed by atoms with E-state index in [-0.39, 0.29) is 11.8 Å². The molecule has 0 unspecified atom stereocenters. The quantitative estimate of drug-likeness (QED) is 0.922. The second-order valence-electron chi connectivity index (χ2n) is 6.69. The van der Waals surface area contributed by atoms with Gasteiger partial charge < -0.3 is 10.2 Å². The van der Waals surface area contributed by atoms with Gasteiger partial charge in [0.1, 0.15) is 0 Å². The number of benzene rings is 2. The van der Waals surface area contributed by atoms with Gasteiger partial charge >= 0.3 is 0 Å². The molecule has 0 atom stereocenters. The number of aryl methyl sites for hydroxylation is 3. The van der Waals surface area contributed by atoms with Crippen LogP contribution in [0.5, 0.6) is 0 Å². The summed E-state index contributed by atoms with van der Waals surface area (Å²) in [5.41, 5.74) is 7.19. The predicted octanol–water partition coefficient (Wildman–Crippen LogP) is 3.39. The summed E-state index contributed by atoms with van der Waals surface area (Å²) in [7, 11) is 0. The average molecular weight is 320 g/mol. The molecule has 2 aromatic carbocycles. The summed E-state index contributed by atoms with van der Waals surface area (Å²) in [6, 6.07) is 9.77. The van der Waals surface area contributed by atoms with E-state index in [2.05, 4.69) is 5.32 Å². The molecule has 2 heterocycles. The van der Waals surface area contributed by atoms with Crippen LogP contribution in [-0.4, -0.2) is 18.4 Å². The van der Waals surface area contributed by atoms with Crippen LogP contribution in [-0.2, 0) is 17.6 Å². The molecule has 2 aromatic rings. The zero-order valence-corrected chi connectivity index (χ0v) is 14.0. The number of carbonyl (C=O) groups excluding carboxylic acids is 2. The molecule has 4 nitrogen and oxygen atoms in total. The molecule has 0 spiro atoms. The van der Waals surface area contributed by atoms with Crippen molar-refractivity contribution in [1.29, 1.82) is 0 Å². The second-order valence-corrected chi connectivity index (χ2v) is 6.69. The molecule has 0 saturated carbocycles. The zero-order valence-electron chi connectivity index (χ0n) is 14.0. The summed E-state index contributed by atoms with van der Waals surface area (Å²) in [4.78, 5) is 26.4. The topological polar surface area (TPSA) is 49.4 Å². The Bertz CT molecular complexity index is 870. The molecule has 0 saturated heterocycles. The largest absolute Gasteiger partial charge is 0.322 e. The minimum atomic E-state index is -0.0908. The van der Waals surface area contributed by atoms with Crippen molar-refractivity contribution in [2.75, 3.05) is 16.8 Å². The van der Waals surface area contributed by atoms with Gasteiger partial charge in [0.05, 0.1) is 5.69 Å². The zero-order chi connectivity index (χ0) is 16.8. The Hall–Kier alpha value is -2.62. The van der Waals surface area contributed by atoms with Gasteiger partial charge in [0.2, 0.25) is 5.91 Å². The molecule has 4 rings (SSSR count). The first-order valence-electron chi connectivity index (χ1n) is 8.38. The molecular weight excluding hydrogens is 300 g/mol. The van der Waals surface area contributed by atoms with E-state index in [1.807, 2.05) is 49.1 Å². The van der Waals surface area contributed by atoms with Crippen molar-refractivity contribution in [2.45, 2.75) is 33.1 Å². The highest BCUT2D eigenvalue weighted by atomic mass is 16.2. The molecular formula is C20H20N2O2. The lowest BCUT2D eigenvalue weighted by Gasteiger charge is -2.25. The van der Waals surface area contributed by atoms with Crippen LogP contribution in [0, 0.1) is 13.8 Å². The van der Waals surface area contributed by atoms with Crippen LogP contribution in [0.25, 0.3) is 0 Å². The summed E-state index contributed by atoms with van der Waals surface area (Å²) in [6.45, 7) is 4.81. The van der Waals surface area contributed by atoms with Crippen LogP contribution in [0.4, 0.5) is 11.4 Å². The number of hydrogen-bond acceptors (Lipinski definition) is 2. The summed E-state index contributed by atoms with van der Waals surface area (Å²) < 4.78 is 0. The monoisotopic (exact) mass is 320 g/mol. The lowest BCUT2D eigenvalue weighted by Crippen LogP contribution is -2.32. The number of carbonyl (C=O) groups is 2. The first kappa shape index (κ1) is 14.9. The van der Waals surface area contributed by atoms with Gasteiger partial charge in [0.25, 0.3) is 5.91 Å². The minimum Gasteiger partial charge on any atom is -0.322 e. The van der Waals surface area contributed by atoms with E-state index < -0.39 is 0 Å². The van der Waals surface area contributed by atoms with Crippen molar-refractivity contribution in [3.8, 4) is 0 Å². The van der Waals surface area contributed by atoms with Crippen LogP contribution < -0.4 is 10.2 Å². The van der Waals surface area contributed by atoms with Crippen LogP contribution in [0.3, 0.4) is 0 Å². The van der Waals surface area contributed by atoms with Gasteiger partial charge in [-0.2, -0.15) is 0 Å². The fourth-order valence-corrected chi connectivity index (χ4v) is 3.62. The number of anilines is 2. The first-order valence-corrected chi connectivity index (χ1v) is 8.38. The Kier molecular flexibility index (Phi) is 3.41. The lowest BCUT2D eigenvalue weighted by molar-refractivity contribution is -0.118. The van der Waals surface area contributed by atoms with E-state index in [1.54, 1.807) is 0 Å². The SMILES string of the molecule is Cc1ccc(C(=O)Nc2cc3c4c(c2)CCN4C(=O)CC3)cc1C. The van der Waals surface area contributed by atoms with Crippen LogP contribution >= 0.6 is 0 Å². The van der Waals surface area contributed by atoms with Crippen LogP contribution in [0.1, 0.15) is 39.0 Å². The van der Waals surface area contributed by atoms with Gasteiger partial charge in [-0.15, -0.1) is 0 Å². The Morgan fingerprint density at radius 1 is 1.00 bits per heavy atom. The van der Waals surface area contributed by atoms with Crippen molar-refractivity contribution in [3.63, 3.8) is 0 Å². The lowest BCUT2D eigenvalue weighted by atomic mass is 9.98. The number of hydrogen-bond donors (Lipinski definition) is 1. The average Bonchev–Trinajstić information content (AvgIpc) is 2.99. The number of nitrogens with one attached hydrogen (secondary N) is 1. The predicted molar refractivity (Wildman–Crippen MR) is 94.7 cm³/mol. The smallest absolute Gasteiger partial charge is 0.255 e. The maximum Gasteiger partial charge on any atom is 0.255 e. The fourth-order valence-electron chi connectivity index (χ4n) is 3.62. The van der Waals surface area contributed by atoms with E-state index in [4.69, 9.17) is 0 Å². The highest BCUT2D eigenvalue weighted by Gasteiger charge is 2.31. The molecule has 0 bridgehead atoms. The molecule has 122 valence electrons. The van der Waals surface area contributed by atoms with Crippen molar-refractivity contribution in [1.82, 2.24) is 0 Å².